The number of amides is 2. The summed E-state index contributed by atoms with van der Waals surface area (Å²) in [6, 6.07) is 2.22. The molecule has 0 bridgehead atoms. The number of pyridine rings is 1. The molecule has 0 atom stereocenters. The van der Waals surface area contributed by atoms with E-state index in [9.17, 15) is 9.59 Å². The standard InChI is InChI=1S/C25H39N3O3/c1-6-7-11-20(17-21-16-19-12-8-9-13-22(19)28-18(21)2)23(29)26-14-10-15-27-24(30)31-25(3,4)5/h16-17H,6-15H2,1-5H3,(H,26,29)(H,27,30)/b20-17+. The number of hydrogen-bond acceptors (Lipinski definition) is 4. The van der Waals surface area contributed by atoms with Gasteiger partial charge >= 0.3 is 6.09 Å². The molecule has 0 unspecified atom stereocenters. The van der Waals surface area contributed by atoms with Crippen LogP contribution in [0.5, 0.6) is 0 Å². The summed E-state index contributed by atoms with van der Waals surface area (Å²) >= 11 is 0. The molecule has 0 aliphatic heterocycles. The minimum absolute atomic E-state index is 0.0390. The van der Waals surface area contributed by atoms with Crippen LogP contribution in [0.2, 0.25) is 0 Å². The fourth-order valence-electron chi connectivity index (χ4n) is 3.62. The lowest BCUT2D eigenvalue weighted by Gasteiger charge is -2.19. The molecule has 2 rings (SSSR count). The van der Waals surface area contributed by atoms with Gasteiger partial charge in [0.25, 0.3) is 0 Å². The Kier molecular flexibility index (Phi) is 9.53. The van der Waals surface area contributed by atoms with Crippen molar-refractivity contribution in [2.24, 2.45) is 0 Å². The molecule has 0 aromatic carbocycles. The predicted octanol–water partition coefficient (Wildman–Crippen LogP) is 4.87. The van der Waals surface area contributed by atoms with Crippen molar-refractivity contribution >= 4 is 18.1 Å². The number of ether oxygens (including phenoxy) is 1. The van der Waals surface area contributed by atoms with Gasteiger partial charge < -0.3 is 15.4 Å². The maximum absolute atomic E-state index is 12.8. The summed E-state index contributed by atoms with van der Waals surface area (Å²) in [6.07, 6.45) is 9.52. The highest BCUT2D eigenvalue weighted by Gasteiger charge is 2.16. The number of alkyl carbamates (subject to hydrolysis) is 1. The van der Waals surface area contributed by atoms with Crippen LogP contribution in [-0.4, -0.2) is 35.7 Å². The van der Waals surface area contributed by atoms with E-state index in [1.54, 1.807) is 0 Å². The van der Waals surface area contributed by atoms with Gasteiger partial charge in [-0.25, -0.2) is 4.79 Å². The largest absolute Gasteiger partial charge is 0.444 e. The molecule has 2 amide bonds. The molecule has 1 aromatic heterocycles. The number of aryl methyl sites for hydroxylation is 3. The Balaban J connectivity index is 1.94. The molecule has 31 heavy (non-hydrogen) atoms. The summed E-state index contributed by atoms with van der Waals surface area (Å²) < 4.78 is 5.21. The summed E-state index contributed by atoms with van der Waals surface area (Å²) in [4.78, 5) is 29.3. The third-order valence-corrected chi connectivity index (χ3v) is 5.26. The molecule has 0 fully saturated rings. The Morgan fingerprint density at radius 3 is 2.55 bits per heavy atom. The lowest BCUT2D eigenvalue weighted by molar-refractivity contribution is -0.117. The van der Waals surface area contributed by atoms with Gasteiger partial charge in [-0.3, -0.25) is 9.78 Å². The highest BCUT2D eigenvalue weighted by atomic mass is 16.6. The fraction of sp³-hybridized carbons (Fsp3) is 0.640. The van der Waals surface area contributed by atoms with Gasteiger partial charge in [-0.15, -0.1) is 0 Å². The average molecular weight is 430 g/mol. The van der Waals surface area contributed by atoms with Crippen LogP contribution >= 0.6 is 0 Å². The molecule has 0 radical (unpaired) electrons. The van der Waals surface area contributed by atoms with E-state index in [0.29, 0.717) is 19.5 Å². The summed E-state index contributed by atoms with van der Waals surface area (Å²) in [5.41, 5.74) is 4.87. The van der Waals surface area contributed by atoms with E-state index in [1.165, 1.54) is 24.1 Å². The van der Waals surface area contributed by atoms with Crippen LogP contribution < -0.4 is 10.6 Å². The topological polar surface area (TPSA) is 80.3 Å². The Labute approximate surface area is 187 Å². The van der Waals surface area contributed by atoms with E-state index in [1.807, 2.05) is 33.8 Å². The molecule has 0 saturated carbocycles. The second-order valence-corrected chi connectivity index (χ2v) is 9.29. The van der Waals surface area contributed by atoms with Crippen molar-refractivity contribution in [2.45, 2.75) is 91.6 Å². The number of rotatable bonds is 9. The van der Waals surface area contributed by atoms with Crippen LogP contribution in [0, 0.1) is 6.92 Å². The number of carbonyl (C=O) groups excluding carboxylic acids is 2. The zero-order chi connectivity index (χ0) is 22.9. The lowest BCUT2D eigenvalue weighted by Crippen LogP contribution is -2.34. The first kappa shape index (κ1) is 24.9. The van der Waals surface area contributed by atoms with E-state index in [4.69, 9.17) is 9.72 Å². The second-order valence-electron chi connectivity index (χ2n) is 9.29. The average Bonchev–Trinajstić information content (AvgIpc) is 2.69. The molecule has 1 aliphatic carbocycles. The third-order valence-electron chi connectivity index (χ3n) is 5.26. The quantitative estimate of drug-likeness (QED) is 0.433. The van der Waals surface area contributed by atoms with E-state index in [2.05, 4.69) is 23.6 Å². The van der Waals surface area contributed by atoms with Crippen molar-refractivity contribution in [1.82, 2.24) is 15.6 Å². The van der Waals surface area contributed by atoms with Crippen LogP contribution in [0.3, 0.4) is 0 Å². The molecule has 1 aromatic rings. The molecule has 0 spiro atoms. The molecule has 6 heteroatoms. The van der Waals surface area contributed by atoms with Crippen LogP contribution in [-0.2, 0) is 22.4 Å². The van der Waals surface area contributed by atoms with Crippen molar-refractivity contribution in [3.8, 4) is 0 Å². The van der Waals surface area contributed by atoms with Crippen molar-refractivity contribution < 1.29 is 14.3 Å². The molecular weight excluding hydrogens is 390 g/mol. The predicted molar refractivity (Wildman–Crippen MR) is 125 cm³/mol. The summed E-state index contributed by atoms with van der Waals surface area (Å²) in [7, 11) is 0. The molecule has 0 saturated heterocycles. The van der Waals surface area contributed by atoms with Crippen molar-refractivity contribution in [1.29, 1.82) is 0 Å². The molecule has 6 nitrogen and oxygen atoms in total. The Morgan fingerprint density at radius 2 is 1.84 bits per heavy atom. The van der Waals surface area contributed by atoms with Gasteiger partial charge in [0.05, 0.1) is 0 Å². The number of aromatic nitrogens is 1. The summed E-state index contributed by atoms with van der Waals surface area (Å²) in [5, 5.41) is 5.71. The Bertz CT molecular complexity index is 794. The van der Waals surface area contributed by atoms with Crippen LogP contribution in [0.25, 0.3) is 6.08 Å². The molecule has 2 N–H and O–H groups in total. The SMILES string of the molecule is CCCC/C(=C\c1cc2c(nc1C)CCCC2)C(=O)NCCCNC(=O)OC(C)(C)C. The maximum atomic E-state index is 12.8. The molecule has 1 aliphatic rings. The summed E-state index contributed by atoms with van der Waals surface area (Å²) in [5.74, 6) is -0.0390. The van der Waals surface area contributed by atoms with Gasteiger partial charge in [0.2, 0.25) is 5.91 Å². The minimum atomic E-state index is -0.513. The highest BCUT2D eigenvalue weighted by molar-refractivity contribution is 5.97. The second kappa shape index (κ2) is 11.9. The maximum Gasteiger partial charge on any atom is 0.407 e. The normalized spacial score (nSPS) is 14.0. The minimum Gasteiger partial charge on any atom is -0.444 e. The summed E-state index contributed by atoms with van der Waals surface area (Å²) in [6.45, 7) is 10.6. The first-order valence-corrected chi connectivity index (χ1v) is 11.6. The fourth-order valence-corrected chi connectivity index (χ4v) is 3.62. The molecule has 172 valence electrons. The van der Waals surface area contributed by atoms with Crippen LogP contribution in [0.1, 0.15) is 88.7 Å². The number of unbranched alkanes of at least 4 members (excludes halogenated alkanes) is 1. The smallest absolute Gasteiger partial charge is 0.407 e. The Morgan fingerprint density at radius 1 is 1.13 bits per heavy atom. The first-order valence-electron chi connectivity index (χ1n) is 11.6. The number of fused-ring (bicyclic) bond motifs is 1. The first-order chi connectivity index (χ1) is 14.7. The third kappa shape index (κ3) is 8.72. The van der Waals surface area contributed by atoms with Gasteiger partial charge in [0.15, 0.2) is 0 Å². The number of nitrogens with zero attached hydrogens (tertiary/aromatic N) is 1. The van der Waals surface area contributed by atoms with E-state index in [0.717, 1.165) is 48.9 Å². The highest BCUT2D eigenvalue weighted by Crippen LogP contribution is 2.24. The van der Waals surface area contributed by atoms with Gasteiger partial charge in [-0.2, -0.15) is 0 Å². The van der Waals surface area contributed by atoms with Crippen molar-refractivity contribution in [3.63, 3.8) is 0 Å². The van der Waals surface area contributed by atoms with Crippen LogP contribution in [0.15, 0.2) is 11.6 Å². The van der Waals surface area contributed by atoms with E-state index in [-0.39, 0.29) is 5.91 Å². The van der Waals surface area contributed by atoms with Crippen molar-refractivity contribution in [3.05, 3.63) is 34.2 Å². The van der Waals surface area contributed by atoms with Crippen LogP contribution in [0.4, 0.5) is 4.79 Å². The van der Waals surface area contributed by atoms with Crippen molar-refractivity contribution in [2.75, 3.05) is 13.1 Å². The van der Waals surface area contributed by atoms with Gasteiger partial charge in [0, 0.05) is 30.1 Å². The van der Waals surface area contributed by atoms with Gasteiger partial charge in [0.1, 0.15) is 5.60 Å². The van der Waals surface area contributed by atoms with Gasteiger partial charge in [-0.05, 0) is 95.9 Å². The number of nitrogens with one attached hydrogen (secondary N) is 2. The lowest BCUT2D eigenvalue weighted by atomic mass is 9.93. The zero-order valence-corrected chi connectivity index (χ0v) is 19.9. The van der Waals surface area contributed by atoms with E-state index >= 15 is 0 Å². The Hall–Kier alpha value is -2.37. The number of hydrogen-bond donors (Lipinski definition) is 2. The molecule has 1 heterocycles. The number of carbonyl (C=O) groups is 2. The zero-order valence-electron chi connectivity index (χ0n) is 19.9. The van der Waals surface area contributed by atoms with E-state index < -0.39 is 11.7 Å². The monoisotopic (exact) mass is 429 g/mol. The molecular formula is C25H39N3O3. The van der Waals surface area contributed by atoms with Gasteiger partial charge in [-0.1, -0.05) is 13.3 Å².